The zero-order valence-electron chi connectivity index (χ0n) is 20.8. The predicted octanol–water partition coefficient (Wildman–Crippen LogP) is 7.87. The van der Waals surface area contributed by atoms with E-state index in [0.29, 0.717) is 16.5 Å². The van der Waals surface area contributed by atoms with Crippen molar-refractivity contribution in [1.29, 1.82) is 0 Å². The summed E-state index contributed by atoms with van der Waals surface area (Å²) in [6.07, 6.45) is 0. The molecule has 0 aliphatic rings. The second-order valence-electron chi connectivity index (χ2n) is 8.78. The van der Waals surface area contributed by atoms with Gasteiger partial charge in [-0.05, 0) is 77.4 Å². The third kappa shape index (κ3) is 6.53. The molecule has 0 aliphatic carbocycles. The fourth-order valence-electron chi connectivity index (χ4n) is 3.90. The van der Waals surface area contributed by atoms with Crippen LogP contribution in [0, 0.1) is 6.92 Å². The summed E-state index contributed by atoms with van der Waals surface area (Å²) in [6, 6.07) is 35.8. The second-order valence-corrected chi connectivity index (χ2v) is 8.78. The van der Waals surface area contributed by atoms with E-state index in [1.807, 2.05) is 12.1 Å². The Morgan fingerprint density at radius 2 is 0.789 bits per heavy atom. The van der Waals surface area contributed by atoms with E-state index in [1.165, 1.54) is 11.1 Å². The molecule has 6 rings (SSSR count). The summed E-state index contributed by atoms with van der Waals surface area (Å²) in [5, 5.41) is 49.4. The standard InChI is InChI=1S/C13H12O.2C10H8O2/c1-10-2-4-11(5-3-10)12-6-8-13(14)9-7-12;11-9-3-1-7-5-10(12)4-2-8(7)6-9;11-9-5-1-3-7-8(9)4-2-6-10(7)12/h2-9,14H,1H3;2*1-6,11-12H. The highest BCUT2D eigenvalue weighted by Gasteiger charge is 2.01. The number of aryl methyl sites for hydroxylation is 1. The van der Waals surface area contributed by atoms with E-state index in [9.17, 15) is 10.2 Å². The van der Waals surface area contributed by atoms with Crippen LogP contribution in [0.3, 0.4) is 0 Å². The highest BCUT2D eigenvalue weighted by Crippen LogP contribution is 2.30. The third-order valence-electron chi connectivity index (χ3n) is 5.94. The van der Waals surface area contributed by atoms with E-state index < -0.39 is 0 Å². The van der Waals surface area contributed by atoms with Gasteiger partial charge in [-0.25, -0.2) is 0 Å². The Balaban J connectivity index is 0.000000133. The van der Waals surface area contributed by atoms with Crippen molar-refractivity contribution in [1.82, 2.24) is 0 Å². The van der Waals surface area contributed by atoms with Crippen LogP contribution in [0.4, 0.5) is 0 Å². The van der Waals surface area contributed by atoms with E-state index in [2.05, 4.69) is 31.2 Å². The lowest BCUT2D eigenvalue weighted by Gasteiger charge is -2.01. The van der Waals surface area contributed by atoms with E-state index in [0.717, 1.165) is 16.3 Å². The first-order valence-electron chi connectivity index (χ1n) is 12.0. The number of fused-ring (bicyclic) bond motifs is 2. The van der Waals surface area contributed by atoms with Crippen LogP contribution >= 0.6 is 0 Å². The molecule has 5 nitrogen and oxygen atoms in total. The lowest BCUT2D eigenvalue weighted by atomic mass is 10.0. The highest BCUT2D eigenvalue weighted by atomic mass is 16.3. The van der Waals surface area contributed by atoms with Crippen molar-refractivity contribution < 1.29 is 25.5 Å². The molecule has 190 valence electrons. The SMILES string of the molecule is Cc1ccc(-c2ccc(O)cc2)cc1.Oc1ccc2cc(O)ccc2c1.Oc1cccc2c(O)cccc12. The topological polar surface area (TPSA) is 101 Å². The molecule has 6 aromatic carbocycles. The van der Waals surface area contributed by atoms with Crippen molar-refractivity contribution in [3.63, 3.8) is 0 Å². The van der Waals surface area contributed by atoms with E-state index in [4.69, 9.17) is 15.3 Å². The molecule has 0 aliphatic heterocycles. The molecule has 0 radical (unpaired) electrons. The van der Waals surface area contributed by atoms with E-state index in [1.54, 1.807) is 84.9 Å². The molecule has 0 spiro atoms. The van der Waals surface area contributed by atoms with Crippen molar-refractivity contribution in [2.45, 2.75) is 6.92 Å². The molecule has 0 saturated heterocycles. The van der Waals surface area contributed by atoms with Crippen molar-refractivity contribution in [3.8, 4) is 39.9 Å². The van der Waals surface area contributed by atoms with Crippen LogP contribution in [0.15, 0.2) is 121 Å². The lowest BCUT2D eigenvalue weighted by molar-refractivity contribution is 0.474. The molecular formula is C33H28O5. The summed E-state index contributed by atoms with van der Waals surface area (Å²) in [5.41, 5.74) is 3.56. The minimum absolute atomic E-state index is 0.198. The van der Waals surface area contributed by atoms with Crippen LogP contribution in [-0.4, -0.2) is 25.5 Å². The molecule has 0 aromatic heterocycles. The Bertz CT molecular complexity index is 1530. The normalized spacial score (nSPS) is 10.2. The maximum absolute atomic E-state index is 9.38. The van der Waals surface area contributed by atoms with Crippen molar-refractivity contribution in [3.05, 3.63) is 127 Å². The number of hydrogen-bond donors (Lipinski definition) is 5. The van der Waals surface area contributed by atoms with Gasteiger partial charge in [-0.1, -0.05) is 78.4 Å². The van der Waals surface area contributed by atoms with E-state index in [-0.39, 0.29) is 23.0 Å². The second kappa shape index (κ2) is 11.7. The summed E-state index contributed by atoms with van der Waals surface area (Å²) in [6.45, 7) is 2.07. The van der Waals surface area contributed by atoms with Crippen molar-refractivity contribution in [2.75, 3.05) is 0 Å². The van der Waals surface area contributed by atoms with Gasteiger partial charge in [0.1, 0.15) is 28.7 Å². The fourth-order valence-corrected chi connectivity index (χ4v) is 3.90. The predicted molar refractivity (Wildman–Crippen MR) is 153 cm³/mol. The van der Waals surface area contributed by atoms with Gasteiger partial charge in [0.15, 0.2) is 0 Å². The number of aromatic hydroxyl groups is 5. The molecule has 0 atom stereocenters. The first-order valence-corrected chi connectivity index (χ1v) is 12.0. The molecule has 6 aromatic rings. The number of hydrogen-bond acceptors (Lipinski definition) is 5. The summed E-state index contributed by atoms with van der Waals surface area (Å²) in [5.74, 6) is 1.19. The lowest BCUT2D eigenvalue weighted by Crippen LogP contribution is -1.77. The molecular weight excluding hydrogens is 476 g/mol. The third-order valence-corrected chi connectivity index (χ3v) is 5.94. The molecule has 0 heterocycles. The van der Waals surface area contributed by atoms with Gasteiger partial charge >= 0.3 is 0 Å². The summed E-state index contributed by atoms with van der Waals surface area (Å²) in [7, 11) is 0. The molecule has 0 saturated carbocycles. The van der Waals surface area contributed by atoms with Gasteiger partial charge in [0.25, 0.3) is 0 Å². The van der Waals surface area contributed by atoms with Gasteiger partial charge in [-0.2, -0.15) is 0 Å². The van der Waals surface area contributed by atoms with Crippen LogP contribution in [-0.2, 0) is 0 Å². The minimum Gasteiger partial charge on any atom is -0.508 e. The Morgan fingerprint density at radius 3 is 1.24 bits per heavy atom. The quantitative estimate of drug-likeness (QED) is 0.157. The van der Waals surface area contributed by atoms with Crippen molar-refractivity contribution >= 4 is 21.5 Å². The molecule has 5 heteroatoms. The van der Waals surface area contributed by atoms with Crippen LogP contribution in [0.5, 0.6) is 28.7 Å². The smallest absolute Gasteiger partial charge is 0.123 e. The monoisotopic (exact) mass is 504 g/mol. The van der Waals surface area contributed by atoms with Crippen LogP contribution < -0.4 is 0 Å². The van der Waals surface area contributed by atoms with Gasteiger partial charge < -0.3 is 25.5 Å². The molecule has 0 amide bonds. The Kier molecular flexibility index (Phi) is 7.99. The largest absolute Gasteiger partial charge is 0.508 e. The Labute approximate surface area is 220 Å². The average Bonchev–Trinajstić information content (AvgIpc) is 2.91. The highest BCUT2D eigenvalue weighted by molar-refractivity contribution is 5.92. The zero-order chi connectivity index (χ0) is 27.1. The number of benzene rings is 6. The first kappa shape index (κ1) is 25.9. The van der Waals surface area contributed by atoms with Crippen molar-refractivity contribution in [2.24, 2.45) is 0 Å². The summed E-state index contributed by atoms with van der Waals surface area (Å²) in [4.78, 5) is 0. The Morgan fingerprint density at radius 1 is 0.395 bits per heavy atom. The first-order chi connectivity index (χ1) is 18.3. The average molecular weight is 505 g/mol. The van der Waals surface area contributed by atoms with Crippen LogP contribution in [0.2, 0.25) is 0 Å². The molecule has 0 unspecified atom stereocenters. The maximum atomic E-state index is 9.38. The molecule has 0 fully saturated rings. The van der Waals surface area contributed by atoms with Gasteiger partial charge in [-0.15, -0.1) is 0 Å². The van der Waals surface area contributed by atoms with Crippen LogP contribution in [0.25, 0.3) is 32.7 Å². The summed E-state index contributed by atoms with van der Waals surface area (Å²) < 4.78 is 0. The maximum Gasteiger partial charge on any atom is 0.123 e. The summed E-state index contributed by atoms with van der Waals surface area (Å²) >= 11 is 0. The van der Waals surface area contributed by atoms with Gasteiger partial charge in [-0.3, -0.25) is 0 Å². The number of rotatable bonds is 1. The zero-order valence-corrected chi connectivity index (χ0v) is 20.8. The van der Waals surface area contributed by atoms with Gasteiger partial charge in [0, 0.05) is 10.8 Å². The molecule has 0 bridgehead atoms. The van der Waals surface area contributed by atoms with Gasteiger partial charge in [0.2, 0.25) is 0 Å². The Hall–Kier alpha value is -5.16. The molecule has 5 N–H and O–H groups in total. The van der Waals surface area contributed by atoms with Crippen LogP contribution in [0.1, 0.15) is 5.56 Å². The van der Waals surface area contributed by atoms with E-state index >= 15 is 0 Å². The number of phenolic OH excluding ortho intramolecular Hbond substituents is 5. The number of phenols is 5. The minimum atomic E-state index is 0.198. The molecule has 38 heavy (non-hydrogen) atoms. The van der Waals surface area contributed by atoms with Gasteiger partial charge in [0.05, 0.1) is 0 Å². The fraction of sp³-hybridized carbons (Fsp3) is 0.0303.